The number of anilines is 6. The van der Waals surface area contributed by atoms with Crippen molar-refractivity contribution in [3.8, 4) is 35.0 Å². The molecule has 0 radical (unpaired) electrons. The normalized spacial score (nSPS) is 12.3. The third-order valence-electron chi connectivity index (χ3n) is 14.2. The zero-order valence-corrected chi connectivity index (χ0v) is 43.8. The Kier molecular flexibility index (Phi) is 15.5. The number of nitrogens with zero attached hydrogens (tertiary/aromatic N) is 6. The van der Waals surface area contributed by atoms with E-state index < -0.39 is 0 Å². The van der Waals surface area contributed by atoms with Crippen LogP contribution in [0.25, 0.3) is 46.2 Å². The molecule has 7 heteroatoms. The predicted molar refractivity (Wildman–Crippen MR) is 316 cm³/mol. The van der Waals surface area contributed by atoms with Crippen LogP contribution in [0.1, 0.15) is 83.0 Å². The van der Waals surface area contributed by atoms with Crippen LogP contribution in [0.4, 0.5) is 34.1 Å². The van der Waals surface area contributed by atoms with E-state index in [-0.39, 0.29) is 0 Å². The fourth-order valence-electron chi connectivity index (χ4n) is 9.81. The average Bonchev–Trinajstić information content (AvgIpc) is 4.00. The summed E-state index contributed by atoms with van der Waals surface area (Å²) in [4.78, 5) is 4.47. The van der Waals surface area contributed by atoms with Gasteiger partial charge < -0.3 is 14.2 Å². The second-order valence-corrected chi connectivity index (χ2v) is 19.5. The molecule has 77 heavy (non-hydrogen) atoms. The quantitative estimate of drug-likeness (QED) is 0.0662. The molecule has 0 saturated carbocycles. The van der Waals surface area contributed by atoms with Crippen molar-refractivity contribution in [2.45, 2.75) is 52.4 Å². The number of hydrogen-bond acceptors (Lipinski definition) is 7. The molecule has 10 rings (SSSR count). The van der Waals surface area contributed by atoms with E-state index in [1.165, 1.54) is 22.3 Å². The van der Waals surface area contributed by atoms with Crippen LogP contribution < -0.4 is 9.80 Å². The van der Waals surface area contributed by atoms with Gasteiger partial charge in [-0.05, 0) is 181 Å². The summed E-state index contributed by atoms with van der Waals surface area (Å²) in [6, 6.07) is 83.8. The van der Waals surface area contributed by atoms with Crippen LogP contribution in [0.5, 0.6) is 0 Å². The molecule has 0 N–H and O–H groups in total. The molecular formula is C70H58N6O. The number of para-hydroxylation sites is 1. The van der Waals surface area contributed by atoms with Crippen molar-refractivity contribution in [3.05, 3.63) is 275 Å². The first-order valence-electron chi connectivity index (χ1n) is 26.2. The van der Waals surface area contributed by atoms with E-state index in [0.29, 0.717) is 34.8 Å². The van der Waals surface area contributed by atoms with Gasteiger partial charge in [0.1, 0.15) is 0 Å². The summed E-state index contributed by atoms with van der Waals surface area (Å²) < 4.78 is 6.03. The van der Waals surface area contributed by atoms with Gasteiger partial charge in [0.05, 0.1) is 23.3 Å². The van der Waals surface area contributed by atoms with Crippen molar-refractivity contribution in [2.75, 3.05) is 9.80 Å². The van der Waals surface area contributed by atoms with Crippen LogP contribution >= 0.6 is 0 Å². The van der Waals surface area contributed by atoms with E-state index in [1.54, 1.807) is 0 Å². The Labute approximate surface area is 452 Å². The largest absolute Gasteiger partial charge is 0.416 e. The van der Waals surface area contributed by atoms with Crippen LogP contribution in [-0.4, -0.2) is 10.2 Å². The minimum Gasteiger partial charge on any atom is -0.416 e. The predicted octanol–water partition coefficient (Wildman–Crippen LogP) is 18.8. The molecule has 2 atom stereocenters. The van der Waals surface area contributed by atoms with Crippen molar-refractivity contribution in [2.24, 2.45) is 0 Å². The fourth-order valence-corrected chi connectivity index (χ4v) is 9.81. The Balaban J connectivity index is 0.819. The van der Waals surface area contributed by atoms with Crippen LogP contribution in [-0.2, 0) is 0 Å². The van der Waals surface area contributed by atoms with Crippen molar-refractivity contribution in [1.29, 1.82) is 10.5 Å². The van der Waals surface area contributed by atoms with Crippen LogP contribution in [0.2, 0.25) is 0 Å². The standard InChI is InChI=1S/C70H58N6O/c1-5-54(56-24-26-60(27-25-56)70-74-73-69(77-70)59-12-8-6-9-13-59)44-51(4)55-28-38-66(39-29-55)76(65-36-18-50(3)19-37-65)68-42-32-58(33-43-68)62(48-72)46-53-22-20-52(21-23-53)45-61(47-71)57-30-40-67(41-31-57)75(63-14-10-7-11-15-63)64-34-16-49(2)17-35-64/h6-43,45-46,51,54H,5,44H2,1-4H3. The van der Waals surface area contributed by atoms with E-state index in [2.05, 4.69) is 193 Å². The average molecular weight is 999 g/mol. The first-order valence-corrected chi connectivity index (χ1v) is 26.2. The SMILES string of the molecule is CCC(CC(C)c1ccc(N(c2ccc(C)cc2)c2ccc(C(C#N)=Cc3ccc(C=C(C#N)c4ccc(N(c5ccccc5)c5ccc(C)cc5)cc4)cc3)cc2)cc1)c1ccc(-c2nnc(-c3ccccc3)o2)cc1. The molecule has 10 aromatic rings. The van der Waals surface area contributed by atoms with Gasteiger partial charge in [-0.1, -0.05) is 158 Å². The maximum absolute atomic E-state index is 10.4. The molecule has 0 aliphatic heterocycles. The maximum Gasteiger partial charge on any atom is 0.248 e. The highest BCUT2D eigenvalue weighted by Gasteiger charge is 2.20. The summed E-state index contributed by atoms with van der Waals surface area (Å²) in [5.41, 5.74) is 17.5. The van der Waals surface area contributed by atoms with Gasteiger partial charge in [-0.2, -0.15) is 10.5 Å². The molecule has 0 spiro atoms. The molecule has 2 unspecified atom stereocenters. The van der Waals surface area contributed by atoms with E-state index in [9.17, 15) is 10.5 Å². The number of hydrogen-bond donors (Lipinski definition) is 0. The molecule has 0 aliphatic rings. The Bertz CT molecular complexity index is 3700. The summed E-state index contributed by atoms with van der Waals surface area (Å²) in [5, 5.41) is 29.3. The number of allylic oxidation sites excluding steroid dienone is 2. The second kappa shape index (κ2) is 23.6. The molecule has 0 saturated heterocycles. The van der Waals surface area contributed by atoms with Crippen LogP contribution in [0.3, 0.4) is 0 Å². The van der Waals surface area contributed by atoms with E-state index in [1.807, 2.05) is 109 Å². The molecule has 1 aromatic heterocycles. The van der Waals surface area contributed by atoms with Crippen molar-refractivity contribution < 1.29 is 4.42 Å². The molecule has 9 aromatic carbocycles. The Hall–Kier alpha value is -9.82. The topological polar surface area (TPSA) is 93.0 Å². The molecule has 0 aliphatic carbocycles. The summed E-state index contributed by atoms with van der Waals surface area (Å²) in [6.45, 7) is 8.76. The molecule has 0 bridgehead atoms. The number of nitriles is 2. The van der Waals surface area contributed by atoms with E-state index in [0.717, 1.165) is 80.3 Å². The fraction of sp³-hybridized carbons (Fsp3) is 0.114. The number of benzene rings is 9. The van der Waals surface area contributed by atoms with Crippen LogP contribution in [0.15, 0.2) is 235 Å². The van der Waals surface area contributed by atoms with Crippen molar-refractivity contribution >= 4 is 57.4 Å². The van der Waals surface area contributed by atoms with Gasteiger partial charge in [0, 0.05) is 45.3 Å². The monoisotopic (exact) mass is 998 g/mol. The minimum absolute atomic E-state index is 0.329. The summed E-state index contributed by atoms with van der Waals surface area (Å²) >= 11 is 0. The molecule has 0 fully saturated rings. The van der Waals surface area contributed by atoms with Crippen LogP contribution in [0, 0.1) is 36.5 Å². The molecule has 1 heterocycles. The third kappa shape index (κ3) is 11.9. The van der Waals surface area contributed by atoms with Gasteiger partial charge in [-0.3, -0.25) is 0 Å². The zero-order valence-electron chi connectivity index (χ0n) is 43.8. The number of rotatable bonds is 17. The zero-order chi connectivity index (χ0) is 53.1. The summed E-state index contributed by atoms with van der Waals surface area (Å²) in [7, 11) is 0. The lowest BCUT2D eigenvalue weighted by molar-refractivity contribution is 0.544. The first kappa shape index (κ1) is 50.7. The molecule has 0 amide bonds. The third-order valence-corrected chi connectivity index (χ3v) is 14.2. The van der Waals surface area contributed by atoms with E-state index >= 15 is 0 Å². The van der Waals surface area contributed by atoms with Gasteiger partial charge in [0.15, 0.2) is 0 Å². The van der Waals surface area contributed by atoms with Crippen molar-refractivity contribution in [1.82, 2.24) is 10.2 Å². The second-order valence-electron chi connectivity index (χ2n) is 19.5. The first-order chi connectivity index (χ1) is 37.7. The lowest BCUT2D eigenvalue weighted by Crippen LogP contribution is -2.10. The van der Waals surface area contributed by atoms with Gasteiger partial charge >= 0.3 is 0 Å². The summed E-state index contributed by atoms with van der Waals surface area (Å²) in [5.74, 6) is 1.74. The van der Waals surface area contributed by atoms with E-state index in [4.69, 9.17) is 4.42 Å². The highest BCUT2D eigenvalue weighted by Crippen LogP contribution is 2.39. The van der Waals surface area contributed by atoms with Gasteiger partial charge in [0.25, 0.3) is 0 Å². The Morgan fingerprint density at radius 1 is 0.455 bits per heavy atom. The highest BCUT2D eigenvalue weighted by atomic mass is 16.4. The molecule has 7 nitrogen and oxygen atoms in total. The number of aryl methyl sites for hydroxylation is 2. The summed E-state index contributed by atoms with van der Waals surface area (Å²) in [6.07, 6.45) is 5.85. The lowest BCUT2D eigenvalue weighted by Gasteiger charge is -2.27. The molecular weight excluding hydrogens is 941 g/mol. The highest BCUT2D eigenvalue weighted by molar-refractivity contribution is 5.92. The lowest BCUT2D eigenvalue weighted by atomic mass is 9.84. The molecule has 374 valence electrons. The Morgan fingerprint density at radius 2 is 0.818 bits per heavy atom. The number of aromatic nitrogens is 2. The van der Waals surface area contributed by atoms with Gasteiger partial charge in [0.2, 0.25) is 11.8 Å². The van der Waals surface area contributed by atoms with Gasteiger partial charge in [-0.25, -0.2) is 0 Å². The minimum atomic E-state index is 0.329. The maximum atomic E-state index is 10.4. The smallest absolute Gasteiger partial charge is 0.248 e. The Morgan fingerprint density at radius 3 is 1.23 bits per heavy atom. The van der Waals surface area contributed by atoms with Gasteiger partial charge in [-0.15, -0.1) is 10.2 Å². The van der Waals surface area contributed by atoms with Crippen molar-refractivity contribution in [3.63, 3.8) is 0 Å².